The lowest BCUT2D eigenvalue weighted by Gasteiger charge is -2.11. The van der Waals surface area contributed by atoms with Crippen LogP contribution in [0.15, 0.2) is 18.5 Å². The number of hydrazine groups is 1. The Morgan fingerprint density at radius 1 is 1.56 bits per heavy atom. The van der Waals surface area contributed by atoms with E-state index in [1.165, 1.54) is 16.8 Å². The van der Waals surface area contributed by atoms with Crippen LogP contribution in [0.4, 0.5) is 8.78 Å². The second-order valence-corrected chi connectivity index (χ2v) is 4.20. The van der Waals surface area contributed by atoms with Crippen LogP contribution in [0.2, 0.25) is 5.02 Å². The molecule has 8 heteroatoms. The fourth-order valence-electron chi connectivity index (χ4n) is 1.48. The average Bonchev–Trinajstić information content (AvgIpc) is 2.71. The number of halogens is 3. The van der Waals surface area contributed by atoms with Crippen molar-refractivity contribution in [2.24, 2.45) is 5.84 Å². The Labute approximate surface area is 106 Å². The van der Waals surface area contributed by atoms with E-state index in [-0.39, 0.29) is 21.9 Å². The smallest absolute Gasteiger partial charge is 0.285 e. The van der Waals surface area contributed by atoms with E-state index in [2.05, 4.69) is 4.98 Å². The fourth-order valence-corrected chi connectivity index (χ4v) is 1.74. The monoisotopic (exact) mass is 274 g/mol. The van der Waals surface area contributed by atoms with E-state index < -0.39 is 11.8 Å². The molecule has 0 saturated carbocycles. The third-order valence-electron chi connectivity index (χ3n) is 2.38. The maximum Gasteiger partial charge on any atom is 0.285 e. The molecule has 0 bridgehead atoms. The Balaban J connectivity index is 2.63. The zero-order chi connectivity index (χ0) is 13.5. The molecule has 2 aromatic rings. The molecule has 0 radical (unpaired) electrons. The summed E-state index contributed by atoms with van der Waals surface area (Å²) < 4.78 is 27.7. The van der Waals surface area contributed by atoms with Crippen LogP contribution in [0, 0.1) is 0 Å². The van der Waals surface area contributed by atoms with Crippen molar-refractivity contribution in [3.05, 3.63) is 34.7 Å². The minimum absolute atomic E-state index is 0.00373. The van der Waals surface area contributed by atoms with Gasteiger partial charge in [-0.15, -0.1) is 0 Å². The van der Waals surface area contributed by atoms with Crippen LogP contribution in [-0.4, -0.2) is 15.3 Å². The summed E-state index contributed by atoms with van der Waals surface area (Å²) in [6, 6.07) is 1.12. The number of alkyl halides is 2. The van der Waals surface area contributed by atoms with Gasteiger partial charge in [0, 0.05) is 24.9 Å². The molecule has 2 rings (SSSR count). The van der Waals surface area contributed by atoms with Gasteiger partial charge in [-0.05, 0) is 6.07 Å². The maximum atomic E-state index is 13.2. The second kappa shape index (κ2) is 4.18. The number of nitrogens with zero attached hydrogens (tertiary/aromatic N) is 2. The molecule has 0 unspecified atom stereocenters. The van der Waals surface area contributed by atoms with Gasteiger partial charge in [0.05, 0.1) is 5.02 Å². The van der Waals surface area contributed by atoms with E-state index in [0.29, 0.717) is 0 Å². The standard InChI is InChI=1S/C10H9ClF2N4O/c1-10(12,13)5-2-6(11)8-15-7(9(18)16-14)4-17(8)3-5/h2-4H,14H2,1H3,(H,16,18). The number of nitrogens with one attached hydrogen (secondary N) is 1. The van der Waals surface area contributed by atoms with E-state index in [0.717, 1.165) is 13.0 Å². The molecule has 2 aromatic heterocycles. The van der Waals surface area contributed by atoms with Gasteiger partial charge >= 0.3 is 0 Å². The molecule has 0 aliphatic heterocycles. The van der Waals surface area contributed by atoms with Crippen molar-refractivity contribution in [2.75, 3.05) is 0 Å². The van der Waals surface area contributed by atoms with E-state index in [4.69, 9.17) is 17.4 Å². The van der Waals surface area contributed by atoms with Gasteiger partial charge in [-0.3, -0.25) is 10.2 Å². The van der Waals surface area contributed by atoms with Crippen LogP contribution >= 0.6 is 11.6 Å². The number of pyridine rings is 1. The predicted octanol–water partition coefficient (Wildman–Crippen LogP) is 1.70. The normalized spacial score (nSPS) is 11.8. The molecule has 1 amide bonds. The third-order valence-corrected chi connectivity index (χ3v) is 2.66. The number of carbonyl (C=O) groups excluding carboxylic acids is 1. The summed E-state index contributed by atoms with van der Waals surface area (Å²) in [4.78, 5) is 15.2. The second-order valence-electron chi connectivity index (χ2n) is 3.80. The molecule has 5 nitrogen and oxygen atoms in total. The molecule has 0 fully saturated rings. The lowest BCUT2D eigenvalue weighted by atomic mass is 10.2. The molecule has 0 aliphatic rings. The summed E-state index contributed by atoms with van der Waals surface area (Å²) in [5.41, 5.74) is 1.84. The van der Waals surface area contributed by atoms with Gasteiger partial charge in [-0.25, -0.2) is 19.6 Å². The van der Waals surface area contributed by atoms with E-state index in [1.54, 1.807) is 0 Å². The van der Waals surface area contributed by atoms with Gasteiger partial charge in [-0.2, -0.15) is 0 Å². The number of nitrogen functional groups attached to an aromatic ring is 1. The molecule has 0 aromatic carbocycles. The molecule has 0 aliphatic carbocycles. The predicted molar refractivity (Wildman–Crippen MR) is 61.4 cm³/mol. The van der Waals surface area contributed by atoms with Crippen LogP contribution in [0.25, 0.3) is 5.65 Å². The summed E-state index contributed by atoms with van der Waals surface area (Å²) in [5.74, 6) is 1.31. The summed E-state index contributed by atoms with van der Waals surface area (Å²) in [7, 11) is 0. The highest BCUT2D eigenvalue weighted by Crippen LogP contribution is 2.30. The van der Waals surface area contributed by atoms with Crippen LogP contribution in [0.5, 0.6) is 0 Å². The summed E-state index contributed by atoms with van der Waals surface area (Å²) in [6.45, 7) is 0.759. The minimum atomic E-state index is -3.03. The molecule has 3 N–H and O–H groups in total. The number of hydrogen-bond donors (Lipinski definition) is 2. The van der Waals surface area contributed by atoms with Gasteiger partial charge in [-0.1, -0.05) is 11.6 Å². The highest BCUT2D eigenvalue weighted by Gasteiger charge is 2.26. The summed E-state index contributed by atoms with van der Waals surface area (Å²) in [5, 5.41) is 0.0325. The first-order valence-corrected chi connectivity index (χ1v) is 5.28. The molecule has 96 valence electrons. The zero-order valence-electron chi connectivity index (χ0n) is 9.25. The fraction of sp³-hybridized carbons (Fsp3) is 0.200. The van der Waals surface area contributed by atoms with Gasteiger partial charge in [0.2, 0.25) is 0 Å². The van der Waals surface area contributed by atoms with E-state index in [1.807, 2.05) is 5.43 Å². The topological polar surface area (TPSA) is 72.4 Å². The van der Waals surface area contributed by atoms with Crippen LogP contribution in [0.3, 0.4) is 0 Å². The summed E-state index contributed by atoms with van der Waals surface area (Å²) >= 11 is 5.85. The van der Waals surface area contributed by atoms with Crippen molar-refractivity contribution >= 4 is 23.2 Å². The van der Waals surface area contributed by atoms with Crippen molar-refractivity contribution in [1.82, 2.24) is 14.8 Å². The SMILES string of the molecule is CC(F)(F)c1cc(Cl)c2nc(C(=O)NN)cn2c1. The number of hydrogen-bond acceptors (Lipinski definition) is 3. The number of imidazole rings is 1. The first-order valence-electron chi connectivity index (χ1n) is 4.90. The minimum Gasteiger partial charge on any atom is -0.305 e. The Morgan fingerprint density at radius 2 is 2.22 bits per heavy atom. The maximum absolute atomic E-state index is 13.2. The number of amides is 1. The quantitative estimate of drug-likeness (QED) is 0.497. The van der Waals surface area contributed by atoms with Gasteiger partial charge in [0.15, 0.2) is 5.65 Å². The molecule has 0 saturated heterocycles. The Hall–Kier alpha value is -1.73. The number of nitrogens with two attached hydrogens (primary N) is 1. The first-order chi connectivity index (χ1) is 8.32. The highest BCUT2D eigenvalue weighted by atomic mass is 35.5. The first kappa shape index (κ1) is 12.7. The number of aromatic nitrogens is 2. The number of carbonyl (C=O) groups is 1. The Bertz CT molecular complexity index is 620. The molecule has 18 heavy (non-hydrogen) atoms. The highest BCUT2D eigenvalue weighted by molar-refractivity contribution is 6.33. The largest absolute Gasteiger partial charge is 0.305 e. The van der Waals surface area contributed by atoms with E-state index in [9.17, 15) is 13.6 Å². The number of fused-ring (bicyclic) bond motifs is 1. The molecule has 0 atom stereocenters. The van der Waals surface area contributed by atoms with Crippen molar-refractivity contribution in [3.63, 3.8) is 0 Å². The van der Waals surface area contributed by atoms with Gasteiger partial charge < -0.3 is 4.40 Å². The lowest BCUT2D eigenvalue weighted by molar-refractivity contribution is 0.0170. The van der Waals surface area contributed by atoms with Gasteiger partial charge in [0.1, 0.15) is 5.69 Å². The molecular formula is C10H9ClF2N4O. The Kier molecular flexibility index (Phi) is 2.95. The lowest BCUT2D eigenvalue weighted by Crippen LogP contribution is -2.30. The van der Waals surface area contributed by atoms with Gasteiger partial charge in [0.25, 0.3) is 11.8 Å². The molecule has 0 spiro atoms. The van der Waals surface area contributed by atoms with Crippen molar-refractivity contribution in [1.29, 1.82) is 0 Å². The Morgan fingerprint density at radius 3 is 2.78 bits per heavy atom. The summed E-state index contributed by atoms with van der Waals surface area (Å²) in [6.07, 6.45) is 2.44. The molecule has 2 heterocycles. The average molecular weight is 275 g/mol. The number of rotatable bonds is 2. The van der Waals surface area contributed by atoms with Crippen LogP contribution < -0.4 is 11.3 Å². The van der Waals surface area contributed by atoms with Crippen LogP contribution in [-0.2, 0) is 5.92 Å². The van der Waals surface area contributed by atoms with Crippen molar-refractivity contribution in [3.8, 4) is 0 Å². The van der Waals surface area contributed by atoms with E-state index >= 15 is 0 Å². The van der Waals surface area contributed by atoms with Crippen molar-refractivity contribution < 1.29 is 13.6 Å². The zero-order valence-corrected chi connectivity index (χ0v) is 10.0. The van der Waals surface area contributed by atoms with Crippen LogP contribution in [0.1, 0.15) is 23.0 Å². The third kappa shape index (κ3) is 2.14. The molecular weight excluding hydrogens is 266 g/mol. The van der Waals surface area contributed by atoms with Crippen molar-refractivity contribution in [2.45, 2.75) is 12.8 Å².